The summed E-state index contributed by atoms with van der Waals surface area (Å²) in [5.74, 6) is 0. The van der Waals surface area contributed by atoms with Gasteiger partial charge in [0.2, 0.25) is 0 Å². The Morgan fingerprint density at radius 1 is 2.00 bits per heavy atom. The van der Waals surface area contributed by atoms with Gasteiger partial charge in [-0.1, -0.05) is 0 Å². The van der Waals surface area contributed by atoms with Gasteiger partial charge in [-0.3, -0.25) is 4.79 Å². The molecule has 0 aromatic carbocycles. The Hall–Kier alpha value is -0.140. The Labute approximate surface area is 37.7 Å². The number of rotatable bonds is 2. The molecule has 0 atom stereocenters. The predicted molar refractivity (Wildman–Crippen MR) is 23.5 cm³/mol. The molecule has 0 unspecified atom stereocenters. The zero-order valence-electron chi connectivity index (χ0n) is 3.34. The Morgan fingerprint density at radius 2 is 2.50 bits per heavy atom. The summed E-state index contributed by atoms with van der Waals surface area (Å²) in [6.45, 7) is 0. The number of amides is 1. The molecule has 2 N–H and O–H groups in total. The summed E-state index contributed by atoms with van der Waals surface area (Å²) in [4.78, 5) is 9.68. The van der Waals surface area contributed by atoms with Gasteiger partial charge in [-0.15, -0.1) is 0 Å². The summed E-state index contributed by atoms with van der Waals surface area (Å²) < 4.78 is 4.30. The third-order valence-electron chi connectivity index (χ3n) is 0.181. The number of hydrogen-bond acceptors (Lipinski definition) is 2. The lowest BCUT2D eigenvalue weighted by Crippen LogP contribution is -1.99. The molecule has 0 spiro atoms. The van der Waals surface area contributed by atoms with E-state index >= 15 is 0 Å². The van der Waals surface area contributed by atoms with Gasteiger partial charge in [0.05, 0.1) is 0 Å². The minimum Gasteiger partial charge on any atom is -0.364 e. The average molecular weight is 106 g/mol. The van der Waals surface area contributed by atoms with Crippen LogP contribution in [-0.2, 0) is 4.52 Å². The van der Waals surface area contributed by atoms with Crippen molar-refractivity contribution < 1.29 is 9.32 Å². The van der Waals surface area contributed by atoms with E-state index in [1.54, 1.807) is 0 Å². The molecule has 0 aliphatic carbocycles. The molecular formula is C2H5NO2P. The van der Waals surface area contributed by atoms with Gasteiger partial charge in [0.1, 0.15) is 0 Å². The first-order valence-corrected chi connectivity index (χ1v) is 2.12. The summed E-state index contributed by atoms with van der Waals surface area (Å²) in [6, 6.07) is 0. The number of carbonyl (C=O) groups is 1. The van der Waals surface area contributed by atoms with Crippen molar-refractivity contribution in [2.24, 2.45) is 5.73 Å². The van der Waals surface area contributed by atoms with Crippen molar-refractivity contribution in [1.29, 1.82) is 0 Å². The SMILES string of the molecule is CO[P]C(N)=O. The first kappa shape index (κ1) is 5.86. The molecule has 0 aromatic heterocycles. The molecule has 6 heavy (non-hydrogen) atoms. The number of primary amides is 1. The molecule has 0 saturated heterocycles. The molecule has 3 nitrogen and oxygen atoms in total. The fourth-order valence-electron chi connectivity index (χ4n) is 0.0900. The van der Waals surface area contributed by atoms with E-state index < -0.39 is 5.65 Å². The second kappa shape index (κ2) is 3.07. The smallest absolute Gasteiger partial charge is 0.273 e. The number of nitrogens with two attached hydrogens (primary N) is 1. The maximum absolute atomic E-state index is 9.68. The van der Waals surface area contributed by atoms with Crippen LogP contribution in [0.2, 0.25) is 0 Å². The summed E-state index contributed by atoms with van der Waals surface area (Å²) in [7, 11) is 1.63. The van der Waals surface area contributed by atoms with E-state index in [-0.39, 0.29) is 8.81 Å². The van der Waals surface area contributed by atoms with Gasteiger partial charge in [-0.2, -0.15) is 0 Å². The number of carbonyl (C=O) groups excluding carboxylic acids is 1. The highest BCUT2D eigenvalue weighted by atomic mass is 31.1. The Bertz CT molecular complexity index is 55.5. The Kier molecular flexibility index (Phi) is 2.99. The second-order valence-electron chi connectivity index (χ2n) is 0.612. The molecule has 0 bridgehead atoms. The normalized spacial score (nSPS) is 10.2. The minimum atomic E-state index is -0.461. The summed E-state index contributed by atoms with van der Waals surface area (Å²) >= 11 is 0. The lowest BCUT2D eigenvalue weighted by Gasteiger charge is -1.82. The van der Waals surface area contributed by atoms with Crippen molar-refractivity contribution in [3.63, 3.8) is 0 Å². The second-order valence-corrected chi connectivity index (χ2v) is 1.60. The molecule has 1 amide bonds. The van der Waals surface area contributed by atoms with Crippen molar-refractivity contribution in [1.82, 2.24) is 0 Å². The van der Waals surface area contributed by atoms with Crippen molar-refractivity contribution in [3.8, 4) is 0 Å². The quantitative estimate of drug-likeness (QED) is 0.523. The van der Waals surface area contributed by atoms with E-state index in [0.717, 1.165) is 0 Å². The molecule has 1 radical (unpaired) electrons. The maximum Gasteiger partial charge on any atom is 0.273 e. The molecule has 0 fully saturated rings. The first-order chi connectivity index (χ1) is 2.77. The van der Waals surface area contributed by atoms with E-state index in [1.165, 1.54) is 7.11 Å². The monoisotopic (exact) mass is 106 g/mol. The fourth-order valence-corrected chi connectivity index (χ4v) is 0.270. The van der Waals surface area contributed by atoms with Crippen LogP contribution in [0.3, 0.4) is 0 Å². The topological polar surface area (TPSA) is 52.3 Å². The molecule has 0 rings (SSSR count). The van der Waals surface area contributed by atoms with Crippen LogP contribution >= 0.6 is 8.81 Å². The third kappa shape index (κ3) is 3.86. The molecule has 0 aromatic rings. The van der Waals surface area contributed by atoms with Crippen LogP contribution in [0.5, 0.6) is 0 Å². The zero-order valence-corrected chi connectivity index (χ0v) is 4.24. The predicted octanol–water partition coefficient (Wildman–Crippen LogP) is 0.573. The van der Waals surface area contributed by atoms with Gasteiger partial charge < -0.3 is 10.3 Å². The van der Waals surface area contributed by atoms with Crippen LogP contribution < -0.4 is 5.73 Å². The van der Waals surface area contributed by atoms with Gasteiger partial charge in [0.25, 0.3) is 5.65 Å². The Balaban J connectivity index is 2.83. The standard InChI is InChI=1S/C2H5NO2P/c1-5-6-2(3)4/h1H3,(H2,3,4). The highest BCUT2D eigenvalue weighted by Crippen LogP contribution is 2.05. The highest BCUT2D eigenvalue weighted by Gasteiger charge is 1.87. The van der Waals surface area contributed by atoms with E-state index in [0.29, 0.717) is 0 Å². The number of hydrogen-bond donors (Lipinski definition) is 1. The van der Waals surface area contributed by atoms with E-state index in [2.05, 4.69) is 10.3 Å². The molecule has 35 valence electrons. The van der Waals surface area contributed by atoms with Crippen molar-refractivity contribution in [2.45, 2.75) is 0 Å². The van der Waals surface area contributed by atoms with Crippen molar-refractivity contribution in [2.75, 3.05) is 7.11 Å². The van der Waals surface area contributed by atoms with Gasteiger partial charge in [0, 0.05) is 7.11 Å². The van der Waals surface area contributed by atoms with Crippen LogP contribution in [0.4, 0.5) is 4.79 Å². The van der Waals surface area contributed by atoms with Crippen LogP contribution in [0.15, 0.2) is 0 Å². The van der Waals surface area contributed by atoms with Gasteiger partial charge in [-0.05, 0) is 0 Å². The summed E-state index contributed by atoms with van der Waals surface area (Å²) in [6.07, 6.45) is 0. The molecule has 4 heteroatoms. The van der Waals surface area contributed by atoms with Gasteiger partial charge in [-0.25, -0.2) is 0 Å². The van der Waals surface area contributed by atoms with Crippen molar-refractivity contribution in [3.05, 3.63) is 0 Å². The highest BCUT2D eigenvalue weighted by molar-refractivity contribution is 7.52. The molecular weight excluding hydrogens is 101 g/mol. The molecule has 0 saturated carbocycles. The van der Waals surface area contributed by atoms with Gasteiger partial charge >= 0.3 is 0 Å². The fraction of sp³-hybridized carbons (Fsp3) is 0.500. The van der Waals surface area contributed by atoms with E-state index in [4.69, 9.17) is 0 Å². The van der Waals surface area contributed by atoms with E-state index in [1.807, 2.05) is 0 Å². The molecule has 0 heterocycles. The summed E-state index contributed by atoms with van der Waals surface area (Å²) in [5, 5.41) is 0. The maximum atomic E-state index is 9.68. The van der Waals surface area contributed by atoms with Crippen LogP contribution in [0.25, 0.3) is 0 Å². The third-order valence-corrected chi connectivity index (χ3v) is 0.544. The summed E-state index contributed by atoms with van der Waals surface area (Å²) in [5.41, 5.74) is 4.17. The molecule has 0 aliphatic rings. The Morgan fingerprint density at radius 3 is 2.50 bits per heavy atom. The first-order valence-electron chi connectivity index (χ1n) is 1.31. The zero-order chi connectivity index (χ0) is 4.99. The minimum absolute atomic E-state index is 0.218. The average Bonchev–Trinajstić information content (AvgIpc) is 1.35. The van der Waals surface area contributed by atoms with Crippen LogP contribution in [0, 0.1) is 0 Å². The largest absolute Gasteiger partial charge is 0.364 e. The van der Waals surface area contributed by atoms with E-state index in [9.17, 15) is 4.79 Å². The lowest BCUT2D eigenvalue weighted by atomic mass is 11.5. The molecule has 0 aliphatic heterocycles. The van der Waals surface area contributed by atoms with Gasteiger partial charge in [0.15, 0.2) is 8.81 Å². The van der Waals surface area contributed by atoms with Crippen LogP contribution in [0.1, 0.15) is 0 Å². The van der Waals surface area contributed by atoms with Crippen molar-refractivity contribution >= 4 is 14.5 Å². The van der Waals surface area contributed by atoms with Crippen LogP contribution in [-0.4, -0.2) is 12.8 Å². The lowest BCUT2D eigenvalue weighted by molar-refractivity contribution is 0.264.